The maximum Gasteiger partial charge on any atom is 0.199 e. The monoisotopic (exact) mass is 275 g/mol. The van der Waals surface area contributed by atoms with Crippen LogP contribution in [-0.2, 0) is 4.74 Å². The van der Waals surface area contributed by atoms with E-state index < -0.39 is 0 Å². The van der Waals surface area contributed by atoms with Crippen molar-refractivity contribution in [3.05, 3.63) is 22.6 Å². The van der Waals surface area contributed by atoms with Gasteiger partial charge in [-0.3, -0.25) is 4.79 Å². The Morgan fingerprint density at radius 1 is 1.67 bits per heavy atom. The summed E-state index contributed by atoms with van der Waals surface area (Å²) in [4.78, 5) is 11.6. The normalized spacial score (nSPS) is 12.7. The molecule has 0 aliphatic heterocycles. The molecule has 0 fully saturated rings. The molecule has 2 N–H and O–H groups in total. The van der Waals surface area contributed by atoms with E-state index in [-0.39, 0.29) is 18.2 Å². The zero-order valence-electron chi connectivity index (χ0n) is 8.53. The number of methoxy groups -OCH3 is 1. The molecule has 4 nitrogen and oxygen atoms in total. The zero-order chi connectivity index (χ0) is 11.3. The minimum atomic E-state index is -0.179. The second-order valence-electron chi connectivity index (χ2n) is 3.27. The molecule has 0 aliphatic rings. The molecule has 1 heterocycles. The molecule has 0 saturated carbocycles. The molecular weight excluding hydrogens is 262 g/mol. The Labute approximate surface area is 96.9 Å². The van der Waals surface area contributed by atoms with Gasteiger partial charge >= 0.3 is 0 Å². The molecule has 84 valence electrons. The molecule has 1 aromatic rings. The number of furan rings is 1. The third-order valence-electron chi connectivity index (χ3n) is 1.99. The molecule has 0 bridgehead atoms. The molecule has 15 heavy (non-hydrogen) atoms. The van der Waals surface area contributed by atoms with E-state index in [2.05, 4.69) is 15.9 Å². The van der Waals surface area contributed by atoms with Crippen LogP contribution in [0.25, 0.3) is 0 Å². The Balaban J connectivity index is 2.42. The molecule has 1 atom stereocenters. The van der Waals surface area contributed by atoms with Crippen molar-refractivity contribution in [3.63, 3.8) is 0 Å². The fourth-order valence-corrected chi connectivity index (χ4v) is 1.48. The van der Waals surface area contributed by atoms with Gasteiger partial charge in [0.25, 0.3) is 0 Å². The quantitative estimate of drug-likeness (QED) is 0.807. The summed E-state index contributed by atoms with van der Waals surface area (Å²) in [5.41, 5.74) is 5.75. The van der Waals surface area contributed by atoms with Crippen LogP contribution in [0.1, 0.15) is 23.4 Å². The molecule has 5 heteroatoms. The van der Waals surface area contributed by atoms with Gasteiger partial charge in [-0.25, -0.2) is 0 Å². The number of Topliss-reactive ketones (excluding diaryl/α,β-unsaturated/α-hetero) is 1. The average molecular weight is 276 g/mol. The van der Waals surface area contributed by atoms with Gasteiger partial charge in [-0.2, -0.15) is 0 Å². The molecule has 1 unspecified atom stereocenters. The summed E-state index contributed by atoms with van der Waals surface area (Å²) in [6, 6.07) is 3.14. The summed E-state index contributed by atoms with van der Waals surface area (Å²) in [7, 11) is 1.61. The third-order valence-corrected chi connectivity index (χ3v) is 2.41. The number of hydrogen-bond donors (Lipinski definition) is 1. The second-order valence-corrected chi connectivity index (χ2v) is 4.05. The lowest BCUT2D eigenvalue weighted by Crippen LogP contribution is -2.25. The number of nitrogens with two attached hydrogens (primary N) is 1. The SMILES string of the molecule is COCCC(N)CC(=O)c1ccc(Br)o1. The van der Waals surface area contributed by atoms with Crippen LogP contribution in [0.5, 0.6) is 0 Å². The lowest BCUT2D eigenvalue weighted by Gasteiger charge is -2.08. The van der Waals surface area contributed by atoms with E-state index in [0.29, 0.717) is 23.5 Å². The highest BCUT2D eigenvalue weighted by Gasteiger charge is 2.14. The van der Waals surface area contributed by atoms with Crippen LogP contribution in [0.4, 0.5) is 0 Å². The predicted octanol–water partition coefficient (Wildman–Crippen LogP) is 1.98. The fraction of sp³-hybridized carbons (Fsp3) is 0.500. The first-order chi connectivity index (χ1) is 7.13. The molecule has 0 radical (unpaired) electrons. The number of hydrogen-bond acceptors (Lipinski definition) is 4. The van der Waals surface area contributed by atoms with Crippen molar-refractivity contribution in [2.45, 2.75) is 18.9 Å². The first kappa shape index (κ1) is 12.4. The van der Waals surface area contributed by atoms with E-state index in [1.165, 1.54) is 0 Å². The molecule has 0 aliphatic carbocycles. The maximum atomic E-state index is 11.6. The molecule has 1 aromatic heterocycles. The lowest BCUT2D eigenvalue weighted by atomic mass is 10.1. The first-order valence-corrected chi connectivity index (χ1v) is 5.46. The van der Waals surface area contributed by atoms with Gasteiger partial charge in [0.15, 0.2) is 16.2 Å². The lowest BCUT2D eigenvalue weighted by molar-refractivity contribution is 0.0938. The molecule has 0 spiro atoms. The largest absolute Gasteiger partial charge is 0.446 e. The van der Waals surface area contributed by atoms with Crippen molar-refractivity contribution in [2.24, 2.45) is 5.73 Å². The number of ketones is 1. The highest BCUT2D eigenvalue weighted by molar-refractivity contribution is 9.10. The van der Waals surface area contributed by atoms with E-state index in [1.54, 1.807) is 19.2 Å². The van der Waals surface area contributed by atoms with Crippen LogP contribution >= 0.6 is 15.9 Å². The molecule has 1 rings (SSSR count). The van der Waals surface area contributed by atoms with Gasteiger partial charge in [-0.1, -0.05) is 0 Å². The number of halogens is 1. The minimum Gasteiger partial charge on any atom is -0.446 e. The van der Waals surface area contributed by atoms with E-state index in [9.17, 15) is 4.79 Å². The third kappa shape index (κ3) is 4.15. The molecule has 0 saturated heterocycles. The van der Waals surface area contributed by atoms with Crippen molar-refractivity contribution in [1.82, 2.24) is 0 Å². The van der Waals surface area contributed by atoms with Gasteiger partial charge in [0, 0.05) is 26.2 Å². The van der Waals surface area contributed by atoms with E-state index in [4.69, 9.17) is 14.9 Å². The van der Waals surface area contributed by atoms with Crippen LogP contribution in [0.2, 0.25) is 0 Å². The van der Waals surface area contributed by atoms with Gasteiger partial charge in [-0.05, 0) is 34.5 Å². The summed E-state index contributed by atoms with van der Waals surface area (Å²) in [6.07, 6.45) is 0.952. The van der Waals surface area contributed by atoms with Gasteiger partial charge in [0.05, 0.1) is 0 Å². The van der Waals surface area contributed by atoms with Crippen molar-refractivity contribution < 1.29 is 13.9 Å². The maximum absolute atomic E-state index is 11.6. The van der Waals surface area contributed by atoms with Crippen LogP contribution < -0.4 is 5.73 Å². The second kappa shape index (κ2) is 6.05. The van der Waals surface area contributed by atoms with Crippen molar-refractivity contribution in [1.29, 1.82) is 0 Å². The van der Waals surface area contributed by atoms with Gasteiger partial charge in [-0.15, -0.1) is 0 Å². The first-order valence-electron chi connectivity index (χ1n) is 4.66. The van der Waals surface area contributed by atoms with Crippen LogP contribution in [0.15, 0.2) is 21.2 Å². The summed E-state index contributed by atoms with van der Waals surface area (Å²) in [5.74, 6) is 0.263. The highest BCUT2D eigenvalue weighted by Crippen LogP contribution is 2.16. The van der Waals surface area contributed by atoms with Crippen LogP contribution in [0.3, 0.4) is 0 Å². The Morgan fingerprint density at radius 2 is 2.40 bits per heavy atom. The molecular formula is C10H14BrNO3. The van der Waals surface area contributed by atoms with Gasteiger partial charge in [0.1, 0.15) is 0 Å². The van der Waals surface area contributed by atoms with Crippen LogP contribution in [-0.4, -0.2) is 25.5 Å². The Bertz CT molecular complexity index is 324. The highest BCUT2D eigenvalue weighted by atomic mass is 79.9. The van der Waals surface area contributed by atoms with Gasteiger partial charge < -0.3 is 14.9 Å². The Morgan fingerprint density at radius 3 is 2.93 bits per heavy atom. The number of carbonyl (C=O) groups is 1. The van der Waals surface area contributed by atoms with E-state index in [1.807, 2.05) is 0 Å². The van der Waals surface area contributed by atoms with E-state index >= 15 is 0 Å². The number of rotatable bonds is 6. The average Bonchev–Trinajstić information content (AvgIpc) is 2.61. The zero-order valence-corrected chi connectivity index (χ0v) is 10.1. The van der Waals surface area contributed by atoms with Crippen molar-refractivity contribution >= 4 is 21.7 Å². The van der Waals surface area contributed by atoms with Gasteiger partial charge in [0.2, 0.25) is 0 Å². The summed E-state index contributed by atoms with van der Waals surface area (Å²) in [6.45, 7) is 0.566. The topological polar surface area (TPSA) is 65.5 Å². The molecule has 0 amide bonds. The van der Waals surface area contributed by atoms with Crippen molar-refractivity contribution in [2.75, 3.05) is 13.7 Å². The molecule has 0 aromatic carbocycles. The summed E-state index contributed by atoms with van der Waals surface area (Å²) < 4.78 is 10.6. The fourth-order valence-electron chi connectivity index (χ4n) is 1.17. The summed E-state index contributed by atoms with van der Waals surface area (Å²) in [5, 5.41) is 0. The smallest absolute Gasteiger partial charge is 0.199 e. The number of carbonyl (C=O) groups excluding carboxylic acids is 1. The standard InChI is InChI=1S/C10H14BrNO3/c1-14-5-4-7(12)6-8(13)9-2-3-10(11)15-9/h2-3,7H,4-6,12H2,1H3. The van der Waals surface area contributed by atoms with Crippen LogP contribution in [0, 0.1) is 0 Å². The predicted molar refractivity (Wildman–Crippen MR) is 59.8 cm³/mol. The minimum absolute atomic E-state index is 0.0793. The van der Waals surface area contributed by atoms with Crippen molar-refractivity contribution in [3.8, 4) is 0 Å². The van der Waals surface area contributed by atoms with E-state index in [0.717, 1.165) is 0 Å². The number of ether oxygens (including phenoxy) is 1. The Hall–Kier alpha value is -0.650. The summed E-state index contributed by atoms with van der Waals surface area (Å²) >= 11 is 3.14. The Kier molecular flexibility index (Phi) is 5.01.